The molecule has 1 heterocycles. The maximum absolute atomic E-state index is 5.23. The van der Waals surface area contributed by atoms with Gasteiger partial charge in [0.25, 0.3) is 0 Å². The van der Waals surface area contributed by atoms with Crippen LogP contribution in [0.5, 0.6) is 5.75 Å². The molecule has 0 fully saturated rings. The lowest BCUT2D eigenvalue weighted by Gasteiger charge is -2.30. The van der Waals surface area contributed by atoms with Gasteiger partial charge in [0.1, 0.15) is 5.75 Å². The summed E-state index contributed by atoms with van der Waals surface area (Å²) in [6, 6.07) is 14.1. The van der Waals surface area contributed by atoms with Crippen LogP contribution in [-0.4, -0.2) is 27.3 Å². The van der Waals surface area contributed by atoms with Gasteiger partial charge >= 0.3 is 0 Å². The highest BCUT2D eigenvalue weighted by Gasteiger charge is 2.32. The molecule has 0 spiro atoms. The molecule has 0 saturated carbocycles. The van der Waals surface area contributed by atoms with Crippen molar-refractivity contribution in [1.29, 1.82) is 0 Å². The van der Waals surface area contributed by atoms with Gasteiger partial charge in [0.2, 0.25) is 0 Å². The van der Waals surface area contributed by atoms with Gasteiger partial charge in [-0.25, -0.2) is 0 Å². The smallest absolute Gasteiger partial charge is 0.181 e. The van der Waals surface area contributed by atoms with Crippen LogP contribution < -0.4 is 10.1 Å². The average molecular weight is 351 g/mol. The Balaban J connectivity index is 1.98. The molecule has 1 atom stereocenters. The molecular formula is C20H25N5O. The molecule has 3 aromatic rings. The molecule has 0 aliphatic carbocycles. The van der Waals surface area contributed by atoms with Gasteiger partial charge in [0, 0.05) is 5.69 Å². The van der Waals surface area contributed by atoms with Crippen LogP contribution >= 0.6 is 0 Å². The van der Waals surface area contributed by atoms with E-state index in [1.165, 1.54) is 11.1 Å². The van der Waals surface area contributed by atoms with Crippen LogP contribution in [0.2, 0.25) is 0 Å². The fraction of sp³-hybridized carbons (Fsp3) is 0.350. The van der Waals surface area contributed by atoms with E-state index in [0.29, 0.717) is 0 Å². The van der Waals surface area contributed by atoms with Crippen LogP contribution in [-0.2, 0) is 5.54 Å². The zero-order valence-electron chi connectivity index (χ0n) is 15.9. The molecule has 0 radical (unpaired) electrons. The summed E-state index contributed by atoms with van der Waals surface area (Å²) in [5.74, 6) is 1.57. The Morgan fingerprint density at radius 1 is 1.12 bits per heavy atom. The number of rotatable bonds is 6. The van der Waals surface area contributed by atoms with Gasteiger partial charge in [-0.2, -0.15) is 4.68 Å². The molecule has 1 N–H and O–H groups in total. The summed E-state index contributed by atoms with van der Waals surface area (Å²) in [7, 11) is 1.65. The number of hydrogen-bond donors (Lipinski definition) is 1. The van der Waals surface area contributed by atoms with Gasteiger partial charge in [-0.15, -0.1) is 5.10 Å². The Morgan fingerprint density at radius 2 is 1.85 bits per heavy atom. The molecule has 1 unspecified atom stereocenters. The number of nitrogens with zero attached hydrogens (tertiary/aromatic N) is 4. The van der Waals surface area contributed by atoms with Crippen LogP contribution in [0.25, 0.3) is 5.69 Å². The summed E-state index contributed by atoms with van der Waals surface area (Å²) in [6.45, 7) is 8.46. The number of tetrazole rings is 1. The number of ether oxygens (including phenoxy) is 1. The molecule has 0 saturated heterocycles. The monoisotopic (exact) mass is 351 g/mol. The van der Waals surface area contributed by atoms with Crippen LogP contribution in [0.15, 0.2) is 42.5 Å². The van der Waals surface area contributed by atoms with E-state index in [1.54, 1.807) is 11.8 Å². The van der Waals surface area contributed by atoms with Gasteiger partial charge in [0.15, 0.2) is 5.82 Å². The van der Waals surface area contributed by atoms with Crippen LogP contribution in [0.3, 0.4) is 0 Å². The van der Waals surface area contributed by atoms with E-state index in [9.17, 15) is 0 Å². The predicted molar refractivity (Wildman–Crippen MR) is 103 cm³/mol. The summed E-state index contributed by atoms with van der Waals surface area (Å²) in [5.41, 5.74) is 4.02. The number of nitrogens with one attached hydrogen (secondary N) is 1. The van der Waals surface area contributed by atoms with Gasteiger partial charge in [-0.3, -0.25) is 0 Å². The molecule has 2 aromatic carbocycles. The van der Waals surface area contributed by atoms with Crippen molar-refractivity contribution < 1.29 is 4.74 Å². The lowest BCUT2D eigenvalue weighted by atomic mass is 9.96. The van der Waals surface area contributed by atoms with Crippen molar-refractivity contribution in [2.45, 2.75) is 39.7 Å². The number of aromatic nitrogens is 4. The molecule has 6 heteroatoms. The zero-order valence-corrected chi connectivity index (χ0v) is 15.9. The summed E-state index contributed by atoms with van der Waals surface area (Å²) in [4.78, 5) is 0. The Morgan fingerprint density at radius 3 is 2.46 bits per heavy atom. The first-order valence-corrected chi connectivity index (χ1v) is 8.75. The highest BCUT2D eigenvalue weighted by atomic mass is 16.5. The molecular weight excluding hydrogens is 326 g/mol. The Labute approximate surface area is 154 Å². The van der Waals surface area contributed by atoms with Gasteiger partial charge in [-0.1, -0.05) is 24.6 Å². The Bertz CT molecular complexity index is 887. The molecule has 1 aromatic heterocycles. The first-order valence-electron chi connectivity index (χ1n) is 8.75. The lowest BCUT2D eigenvalue weighted by Crippen LogP contribution is -2.35. The van der Waals surface area contributed by atoms with Crippen molar-refractivity contribution in [2.24, 2.45) is 0 Å². The third kappa shape index (κ3) is 3.40. The minimum absolute atomic E-state index is 0.413. The van der Waals surface area contributed by atoms with Crippen molar-refractivity contribution in [3.63, 3.8) is 0 Å². The van der Waals surface area contributed by atoms with Crippen molar-refractivity contribution in [3.05, 3.63) is 59.4 Å². The minimum atomic E-state index is -0.413. The maximum Gasteiger partial charge on any atom is 0.181 e. The molecule has 6 nitrogen and oxygen atoms in total. The maximum atomic E-state index is 5.23. The summed E-state index contributed by atoms with van der Waals surface area (Å²) in [5, 5.41) is 16.1. The first-order chi connectivity index (χ1) is 12.5. The fourth-order valence-electron chi connectivity index (χ4n) is 2.98. The van der Waals surface area contributed by atoms with E-state index in [4.69, 9.17) is 4.74 Å². The van der Waals surface area contributed by atoms with Gasteiger partial charge in [0.05, 0.1) is 18.3 Å². The molecule has 0 aliphatic heterocycles. The molecule has 26 heavy (non-hydrogen) atoms. The normalized spacial score (nSPS) is 13.3. The van der Waals surface area contributed by atoms with Crippen molar-refractivity contribution in [3.8, 4) is 11.4 Å². The lowest BCUT2D eigenvalue weighted by molar-refractivity contribution is 0.414. The third-order valence-corrected chi connectivity index (χ3v) is 4.78. The molecule has 3 rings (SSSR count). The molecule has 0 amide bonds. The quantitative estimate of drug-likeness (QED) is 0.726. The van der Waals surface area contributed by atoms with E-state index < -0.39 is 5.54 Å². The number of anilines is 1. The van der Waals surface area contributed by atoms with Crippen LogP contribution in [0.1, 0.15) is 37.2 Å². The topological polar surface area (TPSA) is 64.9 Å². The average Bonchev–Trinajstić information content (AvgIpc) is 3.14. The number of methoxy groups -OCH3 is 1. The minimum Gasteiger partial charge on any atom is -0.497 e. The van der Waals surface area contributed by atoms with E-state index in [2.05, 4.69) is 66.7 Å². The van der Waals surface area contributed by atoms with Crippen molar-refractivity contribution in [1.82, 2.24) is 20.2 Å². The molecule has 0 bridgehead atoms. The van der Waals surface area contributed by atoms with Crippen LogP contribution in [0, 0.1) is 13.8 Å². The summed E-state index contributed by atoms with van der Waals surface area (Å²) < 4.78 is 7.01. The largest absolute Gasteiger partial charge is 0.497 e. The summed E-state index contributed by atoms with van der Waals surface area (Å²) >= 11 is 0. The van der Waals surface area contributed by atoms with E-state index in [1.807, 2.05) is 24.3 Å². The van der Waals surface area contributed by atoms with E-state index >= 15 is 0 Å². The molecule has 0 aliphatic rings. The van der Waals surface area contributed by atoms with E-state index in [-0.39, 0.29) is 0 Å². The Hall–Kier alpha value is -2.89. The van der Waals surface area contributed by atoms with E-state index in [0.717, 1.165) is 29.4 Å². The fourth-order valence-corrected chi connectivity index (χ4v) is 2.98. The zero-order chi connectivity index (χ0) is 18.7. The first kappa shape index (κ1) is 17.9. The standard InChI is InChI=1S/C20H25N5O/c1-6-20(4,21-18-12-7-14(2)13-15(18)3)19-22-23-24-25(19)16-8-10-17(26-5)11-9-16/h7-13,21H,6H2,1-5H3. The van der Waals surface area contributed by atoms with Crippen molar-refractivity contribution >= 4 is 5.69 Å². The second-order valence-electron chi connectivity index (χ2n) is 6.74. The van der Waals surface area contributed by atoms with Crippen molar-refractivity contribution in [2.75, 3.05) is 12.4 Å². The summed E-state index contributed by atoms with van der Waals surface area (Å²) in [6.07, 6.45) is 0.830. The van der Waals surface area contributed by atoms with Crippen LogP contribution in [0.4, 0.5) is 5.69 Å². The highest BCUT2D eigenvalue weighted by Crippen LogP contribution is 2.31. The second kappa shape index (κ2) is 7.15. The number of aryl methyl sites for hydroxylation is 2. The second-order valence-corrected chi connectivity index (χ2v) is 6.74. The van der Waals surface area contributed by atoms with Gasteiger partial charge in [-0.05, 0) is 73.5 Å². The third-order valence-electron chi connectivity index (χ3n) is 4.78. The molecule has 136 valence electrons. The number of hydrogen-bond acceptors (Lipinski definition) is 5. The SMILES string of the molecule is CCC(C)(Nc1ccc(C)cc1C)c1nnnn1-c1ccc(OC)cc1. The Kier molecular flexibility index (Phi) is 4.93. The number of benzene rings is 2. The predicted octanol–water partition coefficient (Wildman–Crippen LogP) is 4.03. The van der Waals surface area contributed by atoms with Gasteiger partial charge < -0.3 is 10.1 Å². The highest BCUT2D eigenvalue weighted by molar-refractivity contribution is 5.54.